The number of rotatable bonds is 4. The average molecular weight is 402 g/mol. The van der Waals surface area contributed by atoms with E-state index in [0.717, 1.165) is 18.4 Å². The number of carbonyl (C=O) groups excluding carboxylic acids is 2. The molecule has 1 aliphatic carbocycles. The number of carbonyl (C=O) groups is 2. The number of hydrogen-bond acceptors (Lipinski definition) is 5. The fraction of sp³-hybridized carbons (Fsp3) is 0.400. The van der Waals surface area contributed by atoms with E-state index < -0.39 is 0 Å². The van der Waals surface area contributed by atoms with Gasteiger partial charge in [0.05, 0.1) is 15.9 Å². The molecule has 1 saturated heterocycles. The highest BCUT2D eigenvalue weighted by Gasteiger charge is 2.41. The van der Waals surface area contributed by atoms with Crippen LogP contribution < -0.4 is 5.32 Å². The molecule has 4 rings (SSSR count). The maximum absolute atomic E-state index is 12.4. The van der Waals surface area contributed by atoms with Crippen molar-refractivity contribution in [2.45, 2.75) is 25.3 Å². The van der Waals surface area contributed by atoms with E-state index in [1.54, 1.807) is 6.07 Å². The molecule has 126 valence electrons. The summed E-state index contributed by atoms with van der Waals surface area (Å²) in [4.78, 5) is 30.6. The van der Waals surface area contributed by atoms with Crippen LogP contribution in [0.1, 0.15) is 19.3 Å². The third kappa shape index (κ3) is 3.18. The number of nitrogens with one attached hydrogen (secondary N) is 1. The molecule has 2 aromatic heterocycles. The molecule has 0 bridgehead atoms. The Bertz CT molecular complexity index is 816. The Balaban J connectivity index is 1.43. The third-order valence-corrected chi connectivity index (χ3v) is 6.43. The highest BCUT2D eigenvalue weighted by Crippen LogP contribution is 2.39. The summed E-state index contributed by atoms with van der Waals surface area (Å²) in [5.41, 5.74) is 1.45. The zero-order chi connectivity index (χ0) is 16.8. The smallest absolute Gasteiger partial charge is 0.231 e. The van der Waals surface area contributed by atoms with Gasteiger partial charge in [-0.2, -0.15) is 0 Å². The van der Waals surface area contributed by atoms with Crippen molar-refractivity contribution >= 4 is 62.8 Å². The molecule has 2 amide bonds. The van der Waals surface area contributed by atoms with E-state index in [0.29, 0.717) is 32.1 Å². The minimum atomic E-state index is -0.301. The molecule has 0 radical (unpaired) electrons. The quantitative estimate of drug-likeness (QED) is 0.837. The van der Waals surface area contributed by atoms with Crippen LogP contribution in [0, 0.1) is 5.92 Å². The average Bonchev–Trinajstić information content (AvgIpc) is 2.98. The van der Waals surface area contributed by atoms with Gasteiger partial charge in [-0.1, -0.05) is 23.2 Å². The maximum atomic E-state index is 12.4. The second-order valence-corrected chi connectivity index (χ2v) is 9.09. The number of anilines is 1. The number of likely N-dealkylation sites (tertiary alicyclic amines) is 1. The first-order valence-corrected chi connectivity index (χ1v) is 9.97. The van der Waals surface area contributed by atoms with Crippen LogP contribution in [0.2, 0.25) is 8.67 Å². The summed E-state index contributed by atoms with van der Waals surface area (Å²) in [6.45, 7) is 0.513. The van der Waals surface area contributed by atoms with Gasteiger partial charge in [0.1, 0.15) is 4.34 Å². The molecule has 2 aromatic rings. The summed E-state index contributed by atoms with van der Waals surface area (Å²) < 4.78 is 1.17. The molecule has 1 atom stereocenters. The van der Waals surface area contributed by atoms with E-state index in [9.17, 15) is 9.59 Å². The van der Waals surface area contributed by atoms with Crippen molar-refractivity contribution in [3.8, 4) is 11.3 Å². The topological polar surface area (TPSA) is 62.3 Å². The lowest BCUT2D eigenvalue weighted by Gasteiger charge is -2.14. The lowest BCUT2D eigenvalue weighted by atomic mass is 10.1. The second kappa shape index (κ2) is 6.29. The molecule has 0 spiro atoms. The van der Waals surface area contributed by atoms with Gasteiger partial charge in [0, 0.05) is 30.0 Å². The Kier molecular flexibility index (Phi) is 4.28. The van der Waals surface area contributed by atoms with Gasteiger partial charge < -0.3 is 10.2 Å². The highest BCUT2D eigenvalue weighted by atomic mass is 35.5. The number of thiophene rings is 1. The summed E-state index contributed by atoms with van der Waals surface area (Å²) in [6, 6.07) is 2.12. The van der Waals surface area contributed by atoms with E-state index in [-0.39, 0.29) is 24.2 Å². The molecule has 2 aliphatic rings. The lowest BCUT2D eigenvalue weighted by Crippen LogP contribution is -2.29. The molecule has 1 aliphatic heterocycles. The minimum Gasteiger partial charge on any atom is -0.339 e. The fourth-order valence-electron chi connectivity index (χ4n) is 2.82. The van der Waals surface area contributed by atoms with Crippen molar-refractivity contribution in [1.82, 2.24) is 9.88 Å². The van der Waals surface area contributed by atoms with Crippen LogP contribution in [-0.2, 0) is 9.59 Å². The van der Waals surface area contributed by atoms with Crippen LogP contribution in [0.5, 0.6) is 0 Å². The van der Waals surface area contributed by atoms with Gasteiger partial charge in [0.2, 0.25) is 11.8 Å². The molecule has 2 fully saturated rings. The predicted octanol–water partition coefficient (Wildman–Crippen LogP) is 4.13. The zero-order valence-corrected chi connectivity index (χ0v) is 15.6. The first kappa shape index (κ1) is 16.3. The van der Waals surface area contributed by atoms with Gasteiger partial charge in [-0.3, -0.25) is 9.59 Å². The number of aromatic nitrogens is 1. The van der Waals surface area contributed by atoms with Crippen LogP contribution in [0.15, 0.2) is 11.4 Å². The van der Waals surface area contributed by atoms with Gasteiger partial charge >= 0.3 is 0 Å². The first-order valence-electron chi connectivity index (χ1n) is 7.52. The summed E-state index contributed by atoms with van der Waals surface area (Å²) in [6.07, 6.45) is 2.40. The summed E-state index contributed by atoms with van der Waals surface area (Å²) in [7, 11) is 0. The molecule has 9 heteroatoms. The monoisotopic (exact) mass is 401 g/mol. The van der Waals surface area contributed by atoms with Gasteiger partial charge in [-0.25, -0.2) is 4.98 Å². The van der Waals surface area contributed by atoms with Crippen molar-refractivity contribution < 1.29 is 9.59 Å². The predicted molar refractivity (Wildman–Crippen MR) is 96.9 cm³/mol. The van der Waals surface area contributed by atoms with Crippen molar-refractivity contribution in [2.75, 3.05) is 11.9 Å². The van der Waals surface area contributed by atoms with Gasteiger partial charge in [-0.15, -0.1) is 22.7 Å². The van der Waals surface area contributed by atoms with Crippen LogP contribution in [0.4, 0.5) is 5.13 Å². The first-order chi connectivity index (χ1) is 11.5. The van der Waals surface area contributed by atoms with E-state index in [2.05, 4.69) is 10.3 Å². The Morgan fingerprint density at radius 1 is 1.38 bits per heavy atom. The summed E-state index contributed by atoms with van der Waals surface area (Å²) in [5.74, 6) is -0.372. The summed E-state index contributed by atoms with van der Waals surface area (Å²) in [5, 5.41) is 5.15. The summed E-state index contributed by atoms with van der Waals surface area (Å²) >= 11 is 14.7. The lowest BCUT2D eigenvalue weighted by molar-refractivity contribution is -0.128. The third-order valence-electron chi connectivity index (χ3n) is 4.18. The Morgan fingerprint density at radius 3 is 2.83 bits per heavy atom. The van der Waals surface area contributed by atoms with Crippen LogP contribution >= 0.6 is 45.9 Å². The molecule has 1 saturated carbocycles. The van der Waals surface area contributed by atoms with Gasteiger partial charge in [0.25, 0.3) is 0 Å². The molecular formula is C15H13Cl2N3O2S2. The number of nitrogens with zero attached hydrogens (tertiary/aromatic N) is 2. The SMILES string of the molecule is O=C(Nc1nc(-c2cc(Cl)sc2Cl)cs1)C1CC(=O)N(C2CC2)C1. The minimum absolute atomic E-state index is 0.0807. The van der Waals surface area contributed by atoms with E-state index in [4.69, 9.17) is 23.2 Å². The maximum Gasteiger partial charge on any atom is 0.231 e. The molecule has 3 heterocycles. The normalized spacial score (nSPS) is 20.7. The Labute approximate surface area is 156 Å². The molecule has 1 N–H and O–H groups in total. The molecule has 24 heavy (non-hydrogen) atoms. The number of thiazole rings is 1. The number of amides is 2. The van der Waals surface area contributed by atoms with Crippen LogP contribution in [-0.4, -0.2) is 34.3 Å². The van der Waals surface area contributed by atoms with E-state index in [1.165, 1.54) is 22.7 Å². The van der Waals surface area contributed by atoms with Crippen molar-refractivity contribution in [1.29, 1.82) is 0 Å². The molecule has 5 nitrogen and oxygen atoms in total. The number of hydrogen-bond donors (Lipinski definition) is 1. The second-order valence-electron chi connectivity index (χ2n) is 5.94. The van der Waals surface area contributed by atoms with Gasteiger partial charge in [0.15, 0.2) is 5.13 Å². The fourth-order valence-corrected chi connectivity index (χ4v) is 5.02. The standard InChI is InChI=1S/C15H13Cl2N3O2S2/c16-11-4-9(13(17)24-11)10-6-23-15(18-10)19-14(22)7-3-12(21)20(5-7)8-1-2-8/h4,6-8H,1-3,5H2,(H,18,19,22). The van der Waals surface area contributed by atoms with Crippen LogP contribution in [0.3, 0.4) is 0 Å². The van der Waals surface area contributed by atoms with Gasteiger partial charge in [-0.05, 0) is 18.9 Å². The molecular weight excluding hydrogens is 389 g/mol. The Morgan fingerprint density at radius 2 is 2.17 bits per heavy atom. The number of halogens is 2. The molecule has 1 unspecified atom stereocenters. The highest BCUT2D eigenvalue weighted by molar-refractivity contribution is 7.20. The largest absolute Gasteiger partial charge is 0.339 e. The van der Waals surface area contributed by atoms with E-state index in [1.807, 2.05) is 10.3 Å². The van der Waals surface area contributed by atoms with Crippen molar-refractivity contribution in [2.24, 2.45) is 5.92 Å². The zero-order valence-electron chi connectivity index (χ0n) is 12.4. The van der Waals surface area contributed by atoms with Crippen LogP contribution in [0.25, 0.3) is 11.3 Å². The van der Waals surface area contributed by atoms with Crippen molar-refractivity contribution in [3.05, 3.63) is 20.1 Å². The van der Waals surface area contributed by atoms with E-state index >= 15 is 0 Å². The van der Waals surface area contributed by atoms with Crippen molar-refractivity contribution in [3.63, 3.8) is 0 Å². The Hall–Kier alpha value is -1.15. The molecule has 0 aromatic carbocycles.